The number of anilines is 1. The second-order valence-electron chi connectivity index (χ2n) is 5.20. The van der Waals surface area contributed by atoms with Crippen LogP contribution in [-0.4, -0.2) is 42.4 Å². The fraction of sp³-hybridized carbons (Fsp3) is 0.467. The average Bonchev–Trinajstić information content (AvgIpc) is 2.41. The minimum atomic E-state index is -0.211. The van der Waals surface area contributed by atoms with Gasteiger partial charge in [0.15, 0.2) is 0 Å². The lowest BCUT2D eigenvalue weighted by Gasteiger charge is -2.20. The summed E-state index contributed by atoms with van der Waals surface area (Å²) in [6, 6.07) is 4.96. The molecule has 1 rings (SSSR count). The van der Waals surface area contributed by atoms with Crippen molar-refractivity contribution in [1.29, 1.82) is 0 Å². The summed E-state index contributed by atoms with van der Waals surface area (Å²) in [5, 5.41) is 6.34. The van der Waals surface area contributed by atoms with Gasteiger partial charge in [-0.15, -0.1) is 0 Å². The topological polar surface area (TPSA) is 61.4 Å². The van der Waals surface area contributed by atoms with Crippen molar-refractivity contribution in [1.82, 2.24) is 10.2 Å². The Morgan fingerprint density at radius 2 is 1.77 bits per heavy atom. The highest BCUT2D eigenvalue weighted by molar-refractivity contribution is 6.42. The molecule has 0 aliphatic carbocycles. The maximum absolute atomic E-state index is 12.0. The Kier molecular flexibility index (Phi) is 7.65. The molecule has 0 saturated heterocycles. The van der Waals surface area contributed by atoms with E-state index in [0.717, 1.165) is 0 Å². The molecule has 2 N–H and O–H groups in total. The van der Waals surface area contributed by atoms with Crippen molar-refractivity contribution in [2.75, 3.05) is 25.0 Å². The van der Waals surface area contributed by atoms with E-state index < -0.39 is 0 Å². The molecule has 0 atom stereocenters. The van der Waals surface area contributed by atoms with Gasteiger partial charge in [0.2, 0.25) is 11.8 Å². The maximum atomic E-state index is 12.0. The molecule has 0 aliphatic heterocycles. The zero-order chi connectivity index (χ0) is 16.7. The number of carbonyl (C=O) groups is 2. The number of nitrogens with zero attached hydrogens (tertiary/aromatic N) is 1. The van der Waals surface area contributed by atoms with Crippen LogP contribution in [0.15, 0.2) is 18.2 Å². The van der Waals surface area contributed by atoms with Gasteiger partial charge < -0.3 is 10.6 Å². The third kappa shape index (κ3) is 6.64. The molecule has 1 aromatic carbocycles. The third-order valence-corrected chi connectivity index (χ3v) is 3.57. The molecule has 0 radical (unpaired) electrons. The summed E-state index contributed by atoms with van der Waals surface area (Å²) in [4.78, 5) is 25.5. The average molecular weight is 346 g/mol. The van der Waals surface area contributed by atoms with Crippen LogP contribution in [-0.2, 0) is 9.59 Å². The van der Waals surface area contributed by atoms with Crippen LogP contribution in [0, 0.1) is 0 Å². The summed E-state index contributed by atoms with van der Waals surface area (Å²) in [6.07, 6.45) is 0. The first-order chi connectivity index (χ1) is 10.3. The normalized spacial score (nSPS) is 10.9. The van der Waals surface area contributed by atoms with Crippen LogP contribution in [0.2, 0.25) is 10.0 Å². The SMILES string of the molecule is CCN(CC(=O)Nc1ccc(Cl)c(Cl)c1)CC(=O)NC(C)C. The molecule has 0 aromatic heterocycles. The lowest BCUT2D eigenvalue weighted by atomic mass is 10.3. The van der Waals surface area contributed by atoms with Gasteiger partial charge in [-0.2, -0.15) is 0 Å². The van der Waals surface area contributed by atoms with Crippen molar-refractivity contribution in [2.45, 2.75) is 26.8 Å². The minimum absolute atomic E-state index is 0.0799. The van der Waals surface area contributed by atoms with E-state index in [1.807, 2.05) is 20.8 Å². The number of hydrogen-bond donors (Lipinski definition) is 2. The van der Waals surface area contributed by atoms with Gasteiger partial charge in [-0.05, 0) is 38.6 Å². The van der Waals surface area contributed by atoms with Gasteiger partial charge in [0, 0.05) is 11.7 Å². The van der Waals surface area contributed by atoms with Crippen LogP contribution in [0.4, 0.5) is 5.69 Å². The molecule has 0 saturated carbocycles. The molecular weight excluding hydrogens is 325 g/mol. The van der Waals surface area contributed by atoms with E-state index in [1.165, 1.54) is 0 Å². The molecule has 0 aliphatic rings. The van der Waals surface area contributed by atoms with Crippen molar-refractivity contribution < 1.29 is 9.59 Å². The molecule has 0 fully saturated rings. The van der Waals surface area contributed by atoms with Gasteiger partial charge in [0.05, 0.1) is 23.1 Å². The number of likely N-dealkylation sites (N-methyl/N-ethyl adjacent to an activating group) is 1. The van der Waals surface area contributed by atoms with Crippen molar-refractivity contribution in [3.8, 4) is 0 Å². The second-order valence-corrected chi connectivity index (χ2v) is 6.02. The molecule has 2 amide bonds. The van der Waals surface area contributed by atoms with E-state index in [-0.39, 0.29) is 30.9 Å². The Hall–Kier alpha value is -1.30. The number of benzene rings is 1. The summed E-state index contributed by atoms with van der Waals surface area (Å²) in [5.74, 6) is -0.309. The Bertz CT molecular complexity index is 536. The van der Waals surface area contributed by atoms with Gasteiger partial charge in [-0.1, -0.05) is 30.1 Å². The number of halogens is 2. The van der Waals surface area contributed by atoms with Crippen LogP contribution in [0.25, 0.3) is 0 Å². The first-order valence-corrected chi connectivity index (χ1v) is 7.84. The molecule has 0 unspecified atom stereocenters. The monoisotopic (exact) mass is 345 g/mol. The Morgan fingerprint density at radius 3 is 2.32 bits per heavy atom. The van der Waals surface area contributed by atoms with Crippen molar-refractivity contribution in [2.24, 2.45) is 0 Å². The van der Waals surface area contributed by atoms with Crippen LogP contribution in [0.5, 0.6) is 0 Å². The zero-order valence-electron chi connectivity index (χ0n) is 13.0. The van der Waals surface area contributed by atoms with Gasteiger partial charge in [0.25, 0.3) is 0 Å². The summed E-state index contributed by atoms with van der Waals surface area (Å²) in [6.45, 7) is 6.59. The second kappa shape index (κ2) is 8.98. The van der Waals surface area contributed by atoms with E-state index in [2.05, 4.69) is 10.6 Å². The molecule has 0 spiro atoms. The van der Waals surface area contributed by atoms with E-state index in [1.54, 1.807) is 23.1 Å². The smallest absolute Gasteiger partial charge is 0.238 e. The molecule has 22 heavy (non-hydrogen) atoms. The van der Waals surface area contributed by atoms with E-state index in [9.17, 15) is 9.59 Å². The van der Waals surface area contributed by atoms with Crippen LogP contribution < -0.4 is 10.6 Å². The first-order valence-electron chi connectivity index (χ1n) is 7.08. The Morgan fingerprint density at radius 1 is 1.14 bits per heavy atom. The van der Waals surface area contributed by atoms with E-state index in [4.69, 9.17) is 23.2 Å². The zero-order valence-corrected chi connectivity index (χ0v) is 14.5. The molecular formula is C15H21Cl2N3O2. The lowest BCUT2D eigenvalue weighted by Crippen LogP contribution is -2.42. The summed E-state index contributed by atoms with van der Waals surface area (Å²) in [7, 11) is 0. The fourth-order valence-corrected chi connectivity index (χ4v) is 2.13. The predicted octanol–water partition coefficient (Wildman–Crippen LogP) is 2.78. The van der Waals surface area contributed by atoms with E-state index >= 15 is 0 Å². The highest BCUT2D eigenvalue weighted by Crippen LogP contribution is 2.24. The summed E-state index contributed by atoms with van der Waals surface area (Å²) in [5.41, 5.74) is 0.571. The maximum Gasteiger partial charge on any atom is 0.238 e. The molecule has 0 heterocycles. The molecule has 0 bridgehead atoms. The quantitative estimate of drug-likeness (QED) is 0.798. The summed E-state index contributed by atoms with van der Waals surface area (Å²) < 4.78 is 0. The minimum Gasteiger partial charge on any atom is -0.353 e. The van der Waals surface area contributed by atoms with Crippen molar-refractivity contribution >= 4 is 40.7 Å². The largest absolute Gasteiger partial charge is 0.353 e. The van der Waals surface area contributed by atoms with Crippen molar-refractivity contribution in [3.05, 3.63) is 28.2 Å². The van der Waals surface area contributed by atoms with Gasteiger partial charge >= 0.3 is 0 Å². The lowest BCUT2D eigenvalue weighted by molar-refractivity contribution is -0.123. The van der Waals surface area contributed by atoms with E-state index in [0.29, 0.717) is 22.3 Å². The standard InChI is InChI=1S/C15H21Cl2N3O2/c1-4-20(8-14(21)18-10(2)3)9-15(22)19-11-5-6-12(16)13(17)7-11/h5-7,10H,4,8-9H2,1-3H3,(H,18,21)(H,19,22). The fourth-order valence-electron chi connectivity index (χ4n) is 1.83. The number of rotatable bonds is 7. The number of hydrogen-bond acceptors (Lipinski definition) is 3. The molecule has 7 heteroatoms. The van der Waals surface area contributed by atoms with Crippen LogP contribution >= 0.6 is 23.2 Å². The summed E-state index contributed by atoms with van der Waals surface area (Å²) >= 11 is 11.7. The predicted molar refractivity (Wildman–Crippen MR) is 90.5 cm³/mol. The first kappa shape index (κ1) is 18.7. The van der Waals surface area contributed by atoms with Gasteiger partial charge in [0.1, 0.15) is 0 Å². The molecule has 5 nitrogen and oxygen atoms in total. The van der Waals surface area contributed by atoms with Crippen LogP contribution in [0.3, 0.4) is 0 Å². The van der Waals surface area contributed by atoms with Gasteiger partial charge in [-0.25, -0.2) is 0 Å². The molecule has 1 aromatic rings. The molecule has 122 valence electrons. The number of nitrogens with one attached hydrogen (secondary N) is 2. The number of carbonyl (C=O) groups excluding carboxylic acids is 2. The van der Waals surface area contributed by atoms with Crippen LogP contribution in [0.1, 0.15) is 20.8 Å². The Labute approximate surface area is 141 Å². The van der Waals surface area contributed by atoms with Crippen molar-refractivity contribution in [3.63, 3.8) is 0 Å². The number of amides is 2. The third-order valence-electron chi connectivity index (χ3n) is 2.83. The highest BCUT2D eigenvalue weighted by atomic mass is 35.5. The Balaban J connectivity index is 2.54. The highest BCUT2D eigenvalue weighted by Gasteiger charge is 2.14. The van der Waals surface area contributed by atoms with Gasteiger partial charge in [-0.3, -0.25) is 14.5 Å².